The topological polar surface area (TPSA) is 79.9 Å². The number of halogens is 2. The summed E-state index contributed by atoms with van der Waals surface area (Å²) in [5, 5.41) is 7.03. The van der Waals surface area contributed by atoms with Crippen LogP contribution in [0.5, 0.6) is 5.75 Å². The van der Waals surface area contributed by atoms with Crippen molar-refractivity contribution in [1.82, 2.24) is 5.32 Å². The van der Waals surface area contributed by atoms with E-state index in [1.165, 1.54) is 7.11 Å². The van der Waals surface area contributed by atoms with E-state index in [1.54, 1.807) is 53.4 Å². The molecule has 9 heteroatoms. The lowest BCUT2D eigenvalue weighted by Crippen LogP contribution is -2.32. The number of benzene rings is 3. The van der Waals surface area contributed by atoms with E-state index in [4.69, 9.17) is 32.7 Å². The summed E-state index contributed by atoms with van der Waals surface area (Å²) in [7, 11) is 1.50. The number of hydrogen-bond donors (Lipinski definition) is 2. The molecule has 3 aromatic carbocycles. The van der Waals surface area contributed by atoms with Crippen molar-refractivity contribution in [2.75, 3.05) is 43.6 Å². The molecule has 7 nitrogen and oxygen atoms in total. The largest absolute Gasteiger partial charge is 0.496 e. The fraction of sp³-hybridized carbons (Fsp3) is 0.310. The molecule has 0 radical (unpaired) electrons. The molecule has 0 saturated carbocycles. The standard InChI is InChI=1S/C29H31Cl2N3O4/c1-3-32-14-16-38-26-9-6-15-34(25-13-10-19(30)17-23(25)26)29(36)22-12-11-20(18-27(22)37-2)33-28(35)21-7-4-5-8-24(21)31/h4-5,7-8,10-13,17-18,26,32H,3,6,9,14-16H2,1-2H3,(H,33,35). The smallest absolute Gasteiger partial charge is 0.262 e. The van der Waals surface area contributed by atoms with Crippen LogP contribution in [0.2, 0.25) is 10.0 Å². The fourth-order valence-electron chi connectivity index (χ4n) is 4.51. The van der Waals surface area contributed by atoms with Gasteiger partial charge in [0.2, 0.25) is 0 Å². The van der Waals surface area contributed by atoms with Gasteiger partial charge in [0.15, 0.2) is 0 Å². The zero-order chi connectivity index (χ0) is 27.1. The third-order valence-electron chi connectivity index (χ3n) is 6.38. The minimum atomic E-state index is -0.352. The number of rotatable bonds is 9. The van der Waals surface area contributed by atoms with Crippen molar-refractivity contribution in [3.63, 3.8) is 0 Å². The molecule has 2 amide bonds. The van der Waals surface area contributed by atoms with Crippen molar-refractivity contribution in [2.45, 2.75) is 25.9 Å². The molecule has 0 fully saturated rings. The van der Waals surface area contributed by atoms with Crippen LogP contribution in [-0.2, 0) is 4.74 Å². The highest BCUT2D eigenvalue weighted by molar-refractivity contribution is 6.34. The van der Waals surface area contributed by atoms with Crippen molar-refractivity contribution in [1.29, 1.82) is 0 Å². The van der Waals surface area contributed by atoms with Gasteiger partial charge in [-0.05, 0) is 61.9 Å². The van der Waals surface area contributed by atoms with Gasteiger partial charge in [-0.15, -0.1) is 0 Å². The summed E-state index contributed by atoms with van der Waals surface area (Å²) < 4.78 is 11.8. The minimum Gasteiger partial charge on any atom is -0.496 e. The molecule has 4 rings (SSSR count). The van der Waals surface area contributed by atoms with Gasteiger partial charge in [-0.25, -0.2) is 0 Å². The van der Waals surface area contributed by atoms with E-state index in [9.17, 15) is 9.59 Å². The second-order valence-electron chi connectivity index (χ2n) is 8.86. The molecule has 1 aliphatic rings. The van der Waals surface area contributed by atoms with Crippen LogP contribution in [-0.4, -0.2) is 45.2 Å². The summed E-state index contributed by atoms with van der Waals surface area (Å²) in [6, 6.07) is 17.3. The number of carbonyl (C=O) groups is 2. The number of ether oxygens (including phenoxy) is 2. The lowest BCUT2D eigenvalue weighted by Gasteiger charge is -2.25. The normalized spacial score (nSPS) is 14.9. The lowest BCUT2D eigenvalue weighted by molar-refractivity contribution is 0.0495. The van der Waals surface area contributed by atoms with Gasteiger partial charge >= 0.3 is 0 Å². The van der Waals surface area contributed by atoms with Gasteiger partial charge in [0.1, 0.15) is 5.75 Å². The molecule has 0 aromatic heterocycles. The van der Waals surface area contributed by atoms with Gasteiger partial charge in [0.25, 0.3) is 11.8 Å². The summed E-state index contributed by atoms with van der Waals surface area (Å²) in [5.41, 5.74) is 2.89. The Labute approximate surface area is 233 Å². The van der Waals surface area contributed by atoms with Crippen LogP contribution in [0.4, 0.5) is 11.4 Å². The summed E-state index contributed by atoms with van der Waals surface area (Å²) in [5.74, 6) is -0.205. The monoisotopic (exact) mass is 555 g/mol. The Morgan fingerprint density at radius 1 is 1.05 bits per heavy atom. The maximum Gasteiger partial charge on any atom is 0.262 e. The molecule has 1 heterocycles. The van der Waals surface area contributed by atoms with Gasteiger partial charge in [0, 0.05) is 41.1 Å². The SMILES string of the molecule is CCNCCOC1CCCN(C(=O)c2ccc(NC(=O)c3ccccc3Cl)cc2OC)c2ccc(Cl)cc21. The van der Waals surface area contributed by atoms with Gasteiger partial charge in [0.05, 0.1) is 36.0 Å². The maximum absolute atomic E-state index is 13.8. The van der Waals surface area contributed by atoms with Crippen LogP contribution in [0.1, 0.15) is 52.1 Å². The first-order valence-electron chi connectivity index (χ1n) is 12.6. The third-order valence-corrected chi connectivity index (χ3v) is 6.94. The van der Waals surface area contributed by atoms with Crippen LogP contribution in [0.25, 0.3) is 0 Å². The predicted molar refractivity (Wildman–Crippen MR) is 152 cm³/mol. The summed E-state index contributed by atoms with van der Waals surface area (Å²) in [6.07, 6.45) is 1.37. The molecule has 1 aliphatic heterocycles. The molecule has 0 saturated heterocycles. The van der Waals surface area contributed by atoms with E-state index in [1.807, 2.05) is 12.1 Å². The number of nitrogens with zero attached hydrogens (tertiary/aromatic N) is 1. The summed E-state index contributed by atoms with van der Waals surface area (Å²) in [6.45, 7) is 4.77. The molecule has 0 spiro atoms. The van der Waals surface area contributed by atoms with Crippen LogP contribution < -0.4 is 20.3 Å². The average Bonchev–Trinajstić information content (AvgIpc) is 3.10. The number of anilines is 2. The van der Waals surface area contributed by atoms with Gasteiger partial charge in [-0.1, -0.05) is 42.3 Å². The Balaban J connectivity index is 1.58. The van der Waals surface area contributed by atoms with Crippen LogP contribution in [0, 0.1) is 0 Å². The van der Waals surface area contributed by atoms with Crippen molar-refractivity contribution in [3.05, 3.63) is 87.4 Å². The zero-order valence-corrected chi connectivity index (χ0v) is 22.9. The Kier molecular flexibility index (Phi) is 9.63. The number of amides is 2. The number of carbonyl (C=O) groups excluding carboxylic acids is 2. The Morgan fingerprint density at radius 3 is 2.63 bits per heavy atom. The molecule has 2 N–H and O–H groups in total. The molecule has 38 heavy (non-hydrogen) atoms. The van der Waals surface area contributed by atoms with E-state index in [2.05, 4.69) is 17.6 Å². The van der Waals surface area contributed by atoms with E-state index < -0.39 is 0 Å². The molecular weight excluding hydrogens is 525 g/mol. The zero-order valence-electron chi connectivity index (χ0n) is 21.4. The Morgan fingerprint density at radius 2 is 1.87 bits per heavy atom. The highest BCUT2D eigenvalue weighted by Crippen LogP contribution is 2.38. The molecule has 1 unspecified atom stereocenters. The molecule has 3 aromatic rings. The second-order valence-corrected chi connectivity index (χ2v) is 9.71. The number of likely N-dealkylation sites (N-methyl/N-ethyl adjacent to an activating group) is 1. The lowest BCUT2D eigenvalue weighted by atomic mass is 10.0. The highest BCUT2D eigenvalue weighted by Gasteiger charge is 2.29. The number of nitrogens with one attached hydrogen (secondary N) is 2. The van der Waals surface area contributed by atoms with Gasteiger partial charge < -0.3 is 25.0 Å². The first-order valence-corrected chi connectivity index (χ1v) is 13.4. The Hall–Kier alpha value is -3.10. The molecule has 0 bridgehead atoms. The summed E-state index contributed by atoms with van der Waals surface area (Å²) in [4.78, 5) is 28.3. The van der Waals surface area contributed by atoms with Crippen molar-refractivity contribution in [3.8, 4) is 5.75 Å². The van der Waals surface area contributed by atoms with Gasteiger partial charge in [-0.3, -0.25) is 9.59 Å². The van der Waals surface area contributed by atoms with E-state index >= 15 is 0 Å². The molecule has 0 aliphatic carbocycles. The number of fused-ring (bicyclic) bond motifs is 1. The average molecular weight is 556 g/mol. The van der Waals surface area contributed by atoms with Crippen molar-refractivity contribution in [2.24, 2.45) is 0 Å². The first kappa shape index (κ1) is 27.9. The fourth-order valence-corrected chi connectivity index (χ4v) is 4.91. The van der Waals surface area contributed by atoms with Crippen LogP contribution in [0.15, 0.2) is 60.7 Å². The van der Waals surface area contributed by atoms with E-state index in [0.717, 1.165) is 37.2 Å². The van der Waals surface area contributed by atoms with E-state index in [0.29, 0.717) is 45.8 Å². The minimum absolute atomic E-state index is 0.163. The first-order chi connectivity index (χ1) is 18.4. The van der Waals surface area contributed by atoms with Crippen molar-refractivity contribution < 1.29 is 19.1 Å². The van der Waals surface area contributed by atoms with Crippen LogP contribution in [0.3, 0.4) is 0 Å². The number of methoxy groups -OCH3 is 1. The maximum atomic E-state index is 13.8. The summed E-state index contributed by atoms with van der Waals surface area (Å²) >= 11 is 12.5. The molecule has 1 atom stereocenters. The quantitative estimate of drug-likeness (QED) is 0.300. The third kappa shape index (κ3) is 6.48. The predicted octanol–water partition coefficient (Wildman–Crippen LogP) is 6.36. The van der Waals surface area contributed by atoms with Crippen LogP contribution >= 0.6 is 23.2 Å². The highest BCUT2D eigenvalue weighted by atomic mass is 35.5. The molecule has 200 valence electrons. The molecular formula is C29H31Cl2N3O4. The van der Waals surface area contributed by atoms with Gasteiger partial charge in [-0.2, -0.15) is 0 Å². The van der Waals surface area contributed by atoms with E-state index in [-0.39, 0.29) is 17.9 Å². The second kappa shape index (κ2) is 13.1. The Bertz CT molecular complexity index is 1300. The number of hydrogen-bond acceptors (Lipinski definition) is 5. The van der Waals surface area contributed by atoms with Crippen molar-refractivity contribution >= 4 is 46.4 Å².